The summed E-state index contributed by atoms with van der Waals surface area (Å²) in [6.45, 7) is -0.0305. The molecule has 4 N–H and O–H groups in total. The summed E-state index contributed by atoms with van der Waals surface area (Å²) in [5.41, 5.74) is 7.29. The molecule has 0 bridgehead atoms. The molecule has 2 aromatic rings. The molecule has 5 rings (SSSR count). The summed E-state index contributed by atoms with van der Waals surface area (Å²) in [4.78, 5) is 51.5. The number of carbonyl (C=O) groups excluding carboxylic acids is 4. The van der Waals surface area contributed by atoms with Crippen molar-refractivity contribution in [1.29, 1.82) is 5.41 Å². The fourth-order valence-electron chi connectivity index (χ4n) is 5.04. The predicted molar refractivity (Wildman–Crippen MR) is 154 cm³/mol. The number of unbranched alkanes of at least 4 members (excludes halogenated alkanes) is 2. The summed E-state index contributed by atoms with van der Waals surface area (Å²) < 4.78 is 35.6. The van der Waals surface area contributed by atoms with Crippen LogP contribution < -0.4 is 20.9 Å². The van der Waals surface area contributed by atoms with E-state index in [0.29, 0.717) is 41.0 Å². The summed E-state index contributed by atoms with van der Waals surface area (Å²) >= 11 is 0. The molecule has 2 amide bonds. The van der Waals surface area contributed by atoms with Crippen LogP contribution >= 0.6 is 0 Å². The van der Waals surface area contributed by atoms with Gasteiger partial charge in [0.1, 0.15) is 5.58 Å². The zero-order chi connectivity index (χ0) is 31.6. The Morgan fingerprint density at radius 2 is 1.73 bits per heavy atom. The van der Waals surface area contributed by atoms with Gasteiger partial charge in [-0.05, 0) is 42.7 Å². The number of sulfonamides is 1. The average Bonchev–Trinajstić information content (AvgIpc) is 3.29. The van der Waals surface area contributed by atoms with Gasteiger partial charge in [-0.1, -0.05) is 30.7 Å². The van der Waals surface area contributed by atoms with Crippen molar-refractivity contribution in [3.63, 3.8) is 0 Å². The Bertz CT molecular complexity index is 1940. The quantitative estimate of drug-likeness (QED) is 0.0962. The number of hydroxylamine groups is 2. The van der Waals surface area contributed by atoms with Gasteiger partial charge in [0.05, 0.1) is 11.3 Å². The number of carboxylic acids is 1. The molecule has 13 nitrogen and oxygen atoms in total. The van der Waals surface area contributed by atoms with Gasteiger partial charge in [-0.15, -0.1) is 5.06 Å². The summed E-state index contributed by atoms with van der Waals surface area (Å²) in [6, 6.07) is 13.7. The van der Waals surface area contributed by atoms with Gasteiger partial charge in [-0.3, -0.25) is 15.0 Å². The highest BCUT2D eigenvalue weighted by Crippen LogP contribution is 2.43. The molecule has 44 heavy (non-hydrogen) atoms. The highest BCUT2D eigenvalue weighted by atomic mass is 32.2. The van der Waals surface area contributed by atoms with Crippen molar-refractivity contribution in [3.05, 3.63) is 65.5 Å². The van der Waals surface area contributed by atoms with Crippen LogP contribution in [0.5, 0.6) is 0 Å². The van der Waals surface area contributed by atoms with E-state index >= 15 is 0 Å². The predicted octanol–water partition coefficient (Wildman–Crippen LogP) is 2.08. The van der Waals surface area contributed by atoms with Gasteiger partial charge in [0.2, 0.25) is 10.0 Å². The van der Waals surface area contributed by atoms with E-state index in [4.69, 9.17) is 20.4 Å². The van der Waals surface area contributed by atoms with Crippen LogP contribution in [0.25, 0.3) is 33.4 Å². The molecule has 0 spiro atoms. The van der Waals surface area contributed by atoms with Gasteiger partial charge < -0.3 is 24.9 Å². The lowest BCUT2D eigenvalue weighted by Crippen LogP contribution is -2.32. The second kappa shape index (κ2) is 12.3. The molecule has 1 aliphatic carbocycles. The molecule has 3 aliphatic rings. The minimum absolute atomic E-state index is 0.00499. The number of imide groups is 1. The molecule has 2 aliphatic heterocycles. The number of benzene rings is 3. The molecule has 0 radical (unpaired) electrons. The minimum Gasteiger partial charge on any atom is -0.545 e. The fraction of sp³-hybridized carbons (Fsp3) is 0.233. The van der Waals surface area contributed by atoms with Crippen molar-refractivity contribution in [1.82, 2.24) is 9.79 Å². The SMILES string of the molecule is N=c1ccc2c(-c3ccccc3C(=O)[O-])c3ccc(N)cc3oc-2c1S(=O)(=O)NCCCCCC(=O)ON1C(=O)CCC1=O. The first-order valence-electron chi connectivity index (χ1n) is 13.7. The maximum absolute atomic E-state index is 13.5. The third-order valence-corrected chi connectivity index (χ3v) is 8.63. The molecule has 228 valence electrons. The van der Waals surface area contributed by atoms with Crippen LogP contribution in [-0.4, -0.2) is 43.8 Å². The summed E-state index contributed by atoms with van der Waals surface area (Å²) in [6.07, 6.45) is 0.978. The second-order valence-electron chi connectivity index (χ2n) is 10.1. The molecule has 1 fully saturated rings. The molecule has 2 aromatic carbocycles. The average molecular weight is 620 g/mol. The topological polar surface area (TPSA) is 213 Å². The summed E-state index contributed by atoms with van der Waals surface area (Å²) in [5, 5.41) is 21.0. The Labute approximate surface area is 251 Å². The minimum atomic E-state index is -4.32. The summed E-state index contributed by atoms with van der Waals surface area (Å²) in [5.74, 6) is -3.46. The number of hydrogen-bond acceptors (Lipinski definition) is 11. The Hall–Kier alpha value is -5.08. The van der Waals surface area contributed by atoms with Crippen LogP contribution in [0.4, 0.5) is 5.69 Å². The Morgan fingerprint density at radius 3 is 2.45 bits per heavy atom. The van der Waals surface area contributed by atoms with E-state index in [0.717, 1.165) is 0 Å². The third-order valence-electron chi connectivity index (χ3n) is 7.10. The lowest BCUT2D eigenvalue weighted by atomic mass is 9.90. The van der Waals surface area contributed by atoms with Crippen LogP contribution in [0.1, 0.15) is 48.9 Å². The first kappa shape index (κ1) is 30.4. The molecule has 0 unspecified atom stereocenters. The number of amides is 2. The number of nitrogens with one attached hydrogen (secondary N) is 2. The van der Waals surface area contributed by atoms with Crippen LogP contribution in [0, 0.1) is 5.41 Å². The number of anilines is 1. The van der Waals surface area contributed by atoms with Gasteiger partial charge >= 0.3 is 5.97 Å². The molecule has 14 heteroatoms. The maximum Gasteiger partial charge on any atom is 0.333 e. The molecule has 0 aromatic heterocycles. The number of nitrogens with two attached hydrogens (primary N) is 1. The van der Waals surface area contributed by atoms with E-state index in [-0.39, 0.29) is 59.2 Å². The Morgan fingerprint density at radius 1 is 1.00 bits per heavy atom. The zero-order valence-electron chi connectivity index (χ0n) is 23.3. The molecule has 0 atom stereocenters. The highest BCUT2D eigenvalue weighted by molar-refractivity contribution is 7.89. The Balaban J connectivity index is 1.38. The number of carbonyl (C=O) groups is 4. The number of fused-ring (bicyclic) bond motifs is 2. The van der Waals surface area contributed by atoms with Crippen LogP contribution in [0.3, 0.4) is 0 Å². The van der Waals surface area contributed by atoms with Crippen molar-refractivity contribution in [2.45, 2.75) is 43.4 Å². The van der Waals surface area contributed by atoms with Crippen LogP contribution in [0.15, 0.2) is 63.9 Å². The number of rotatable bonds is 11. The van der Waals surface area contributed by atoms with E-state index in [1.54, 1.807) is 30.3 Å². The van der Waals surface area contributed by atoms with E-state index in [2.05, 4.69) is 4.72 Å². The maximum atomic E-state index is 13.5. The van der Waals surface area contributed by atoms with Crippen molar-refractivity contribution in [2.75, 3.05) is 12.3 Å². The number of nitrogen functional groups attached to an aromatic ring is 1. The molecule has 0 saturated carbocycles. The molecule has 2 heterocycles. The molecular formula is C30H27N4O9S-. The first-order valence-corrected chi connectivity index (χ1v) is 15.2. The molecular weight excluding hydrogens is 592 g/mol. The van der Waals surface area contributed by atoms with Gasteiger partial charge in [-0.2, -0.15) is 0 Å². The first-order chi connectivity index (χ1) is 21.0. The van der Waals surface area contributed by atoms with Crippen molar-refractivity contribution in [2.24, 2.45) is 0 Å². The van der Waals surface area contributed by atoms with E-state index in [9.17, 15) is 32.7 Å². The van der Waals surface area contributed by atoms with E-state index < -0.39 is 38.7 Å². The van der Waals surface area contributed by atoms with E-state index in [1.165, 1.54) is 24.3 Å². The monoisotopic (exact) mass is 619 g/mol. The third kappa shape index (κ3) is 6.02. The van der Waals surface area contributed by atoms with Gasteiger partial charge in [0.25, 0.3) is 11.8 Å². The largest absolute Gasteiger partial charge is 0.545 e. The molecule has 1 saturated heterocycles. The lowest BCUT2D eigenvalue weighted by molar-refractivity contribution is -0.255. The van der Waals surface area contributed by atoms with Gasteiger partial charge in [0.15, 0.2) is 10.7 Å². The van der Waals surface area contributed by atoms with E-state index in [1.807, 2.05) is 0 Å². The number of hydrogen-bond donors (Lipinski definition) is 3. The Kier molecular flexibility index (Phi) is 8.47. The van der Waals surface area contributed by atoms with Gasteiger partial charge in [-0.25, -0.2) is 17.9 Å². The number of aromatic carboxylic acids is 1. The standard InChI is InChI=1S/C30H28N4O9S/c31-17-9-10-20-23(16-17)42-28-21(27(20)18-6-3-4-7-19(18)30(38)39)11-12-22(32)29(28)44(40,41)33-15-5-1-2-8-26(37)43-34-24(35)13-14-25(34)36/h3-4,6-7,9-12,16,32-33H,1-2,5,8,13-15,31H2,(H,38,39)/p-1. The van der Waals surface area contributed by atoms with Crippen LogP contribution in [-0.2, 0) is 29.2 Å². The second-order valence-corrected chi connectivity index (χ2v) is 11.8. The number of nitrogens with zero attached hydrogens (tertiary/aromatic N) is 1. The zero-order valence-corrected chi connectivity index (χ0v) is 24.1. The highest BCUT2D eigenvalue weighted by Gasteiger charge is 2.33. The van der Waals surface area contributed by atoms with Crippen molar-refractivity contribution in [3.8, 4) is 22.5 Å². The number of carboxylic acid groups (broad SMARTS) is 1. The smallest absolute Gasteiger partial charge is 0.333 e. The van der Waals surface area contributed by atoms with Crippen molar-refractivity contribution < 1.29 is 42.0 Å². The van der Waals surface area contributed by atoms with Crippen molar-refractivity contribution >= 4 is 50.4 Å². The van der Waals surface area contributed by atoms with Crippen LogP contribution in [0.2, 0.25) is 0 Å². The lowest BCUT2D eigenvalue weighted by Gasteiger charge is -2.20. The normalized spacial score (nSPS) is 13.6. The fourth-order valence-corrected chi connectivity index (χ4v) is 6.35. The van der Waals surface area contributed by atoms with Gasteiger partial charge in [0, 0.05) is 59.6 Å². The summed E-state index contributed by atoms with van der Waals surface area (Å²) in [7, 11) is -4.32.